The van der Waals surface area contributed by atoms with Gasteiger partial charge in [0.25, 0.3) is 0 Å². The Kier molecular flexibility index (Phi) is 6.57. The summed E-state index contributed by atoms with van der Waals surface area (Å²) in [4.78, 5) is 23.1. The second kappa shape index (κ2) is 9.69. The molecule has 0 N–H and O–H groups in total. The van der Waals surface area contributed by atoms with Crippen molar-refractivity contribution >= 4 is 11.6 Å². The van der Waals surface area contributed by atoms with Gasteiger partial charge in [0.05, 0.1) is 0 Å². The summed E-state index contributed by atoms with van der Waals surface area (Å²) >= 11 is 0. The standard InChI is InChI=1S/C28H18O2/c1-3-27(29)25-17-13-23(14-18-25)11-9-21-5-7-22(8-6-21)10-12-24-15-19-26(20-16-24)28(30)4-2/h3-8,13-20H,1-2H2. The van der Waals surface area contributed by atoms with Crippen molar-refractivity contribution in [3.63, 3.8) is 0 Å². The Labute approximate surface area is 176 Å². The lowest BCUT2D eigenvalue weighted by Gasteiger charge is -1.96. The van der Waals surface area contributed by atoms with E-state index in [1.54, 1.807) is 24.3 Å². The van der Waals surface area contributed by atoms with Gasteiger partial charge in [-0.3, -0.25) is 9.59 Å². The fourth-order valence-corrected chi connectivity index (χ4v) is 2.60. The van der Waals surface area contributed by atoms with Gasteiger partial charge in [0.2, 0.25) is 0 Å². The third-order valence-corrected chi connectivity index (χ3v) is 4.30. The van der Waals surface area contributed by atoms with E-state index in [4.69, 9.17) is 0 Å². The fraction of sp³-hybridized carbons (Fsp3) is 0. The molecule has 2 heteroatoms. The smallest absolute Gasteiger partial charge is 0.185 e. The molecule has 0 aromatic heterocycles. The van der Waals surface area contributed by atoms with E-state index in [9.17, 15) is 9.59 Å². The number of benzene rings is 3. The Morgan fingerprint density at radius 3 is 0.967 bits per heavy atom. The van der Waals surface area contributed by atoms with Gasteiger partial charge < -0.3 is 0 Å². The van der Waals surface area contributed by atoms with Crippen LogP contribution in [0, 0.1) is 23.7 Å². The van der Waals surface area contributed by atoms with Crippen LogP contribution in [0.3, 0.4) is 0 Å². The van der Waals surface area contributed by atoms with Crippen LogP contribution in [0.1, 0.15) is 43.0 Å². The average Bonchev–Trinajstić information content (AvgIpc) is 2.81. The highest BCUT2D eigenvalue weighted by atomic mass is 16.1. The fourth-order valence-electron chi connectivity index (χ4n) is 2.60. The van der Waals surface area contributed by atoms with E-state index in [2.05, 4.69) is 36.8 Å². The first kappa shape index (κ1) is 20.3. The van der Waals surface area contributed by atoms with E-state index < -0.39 is 0 Å². The van der Waals surface area contributed by atoms with Crippen LogP contribution in [-0.4, -0.2) is 11.6 Å². The number of rotatable bonds is 4. The maximum Gasteiger partial charge on any atom is 0.185 e. The Morgan fingerprint density at radius 1 is 0.500 bits per heavy atom. The molecule has 0 fully saturated rings. The third kappa shape index (κ3) is 5.32. The minimum atomic E-state index is -0.104. The molecule has 0 radical (unpaired) electrons. The Balaban J connectivity index is 1.68. The van der Waals surface area contributed by atoms with Gasteiger partial charge in [-0.05, 0) is 84.9 Å². The zero-order chi connectivity index (χ0) is 21.3. The largest absolute Gasteiger partial charge is 0.289 e. The first-order valence-corrected chi connectivity index (χ1v) is 9.27. The first-order chi connectivity index (χ1) is 14.6. The Bertz CT molecular complexity index is 1120. The van der Waals surface area contributed by atoms with Crippen molar-refractivity contribution < 1.29 is 9.59 Å². The SMILES string of the molecule is C=CC(=O)c1ccc(C#Cc2ccc(C#Cc3ccc(C(=O)C=C)cc3)cc2)cc1. The van der Waals surface area contributed by atoms with Crippen LogP contribution in [0.4, 0.5) is 0 Å². The molecule has 3 aromatic rings. The highest BCUT2D eigenvalue weighted by Gasteiger charge is 2.00. The summed E-state index contributed by atoms with van der Waals surface area (Å²) in [7, 11) is 0. The lowest BCUT2D eigenvalue weighted by atomic mass is 10.1. The van der Waals surface area contributed by atoms with E-state index in [1.807, 2.05) is 48.5 Å². The predicted octanol–water partition coefficient (Wildman–Crippen LogP) is 5.22. The molecule has 142 valence electrons. The summed E-state index contributed by atoms with van der Waals surface area (Å²) in [6.45, 7) is 6.97. The maximum absolute atomic E-state index is 11.6. The topological polar surface area (TPSA) is 34.1 Å². The predicted molar refractivity (Wildman–Crippen MR) is 120 cm³/mol. The van der Waals surface area contributed by atoms with Gasteiger partial charge in [-0.25, -0.2) is 0 Å². The first-order valence-electron chi connectivity index (χ1n) is 9.27. The summed E-state index contributed by atoms with van der Waals surface area (Å²) in [5.41, 5.74) is 4.61. The van der Waals surface area contributed by atoms with E-state index in [-0.39, 0.29) is 11.6 Å². The van der Waals surface area contributed by atoms with Crippen LogP contribution in [0.2, 0.25) is 0 Å². The molecule has 0 aliphatic rings. The number of ketones is 2. The van der Waals surface area contributed by atoms with Crippen LogP contribution >= 0.6 is 0 Å². The van der Waals surface area contributed by atoms with Gasteiger partial charge in [-0.1, -0.05) is 36.8 Å². The third-order valence-electron chi connectivity index (χ3n) is 4.30. The molecule has 0 heterocycles. The van der Waals surface area contributed by atoms with Crippen LogP contribution in [0.15, 0.2) is 98.1 Å². The number of carbonyl (C=O) groups is 2. The minimum absolute atomic E-state index is 0.104. The van der Waals surface area contributed by atoms with E-state index in [0.717, 1.165) is 22.3 Å². The quantitative estimate of drug-likeness (QED) is 0.350. The highest BCUT2D eigenvalue weighted by molar-refractivity contribution is 6.04. The van der Waals surface area contributed by atoms with E-state index in [1.165, 1.54) is 12.2 Å². The Morgan fingerprint density at radius 2 is 0.733 bits per heavy atom. The molecule has 3 aromatic carbocycles. The highest BCUT2D eigenvalue weighted by Crippen LogP contribution is 2.08. The van der Waals surface area contributed by atoms with Crippen LogP contribution in [0.5, 0.6) is 0 Å². The molecule has 0 amide bonds. The van der Waals surface area contributed by atoms with Gasteiger partial charge >= 0.3 is 0 Å². The molecule has 0 aliphatic carbocycles. The minimum Gasteiger partial charge on any atom is -0.289 e. The molecule has 2 nitrogen and oxygen atoms in total. The summed E-state index contributed by atoms with van der Waals surface area (Å²) < 4.78 is 0. The zero-order valence-corrected chi connectivity index (χ0v) is 16.3. The van der Waals surface area contributed by atoms with Gasteiger partial charge in [-0.2, -0.15) is 0 Å². The van der Waals surface area contributed by atoms with E-state index in [0.29, 0.717) is 11.1 Å². The van der Waals surface area contributed by atoms with Gasteiger partial charge in [0.1, 0.15) is 0 Å². The number of hydrogen-bond donors (Lipinski definition) is 0. The molecule has 0 saturated heterocycles. The zero-order valence-electron chi connectivity index (χ0n) is 16.3. The molecule has 0 saturated carbocycles. The van der Waals surface area contributed by atoms with Crippen molar-refractivity contribution in [1.29, 1.82) is 0 Å². The summed E-state index contributed by atoms with van der Waals surface area (Å²) in [5.74, 6) is 12.2. The maximum atomic E-state index is 11.6. The second-order valence-electron chi connectivity index (χ2n) is 6.37. The monoisotopic (exact) mass is 386 g/mol. The number of hydrogen-bond acceptors (Lipinski definition) is 2. The van der Waals surface area contributed by atoms with Crippen molar-refractivity contribution in [1.82, 2.24) is 0 Å². The van der Waals surface area contributed by atoms with E-state index >= 15 is 0 Å². The average molecular weight is 386 g/mol. The van der Waals surface area contributed by atoms with Crippen molar-refractivity contribution in [3.8, 4) is 23.7 Å². The molecule has 30 heavy (non-hydrogen) atoms. The molecule has 0 atom stereocenters. The lowest BCUT2D eigenvalue weighted by molar-refractivity contribution is 0.103. The summed E-state index contributed by atoms with van der Waals surface area (Å²) in [6, 6.07) is 21.9. The summed E-state index contributed by atoms with van der Waals surface area (Å²) in [6.07, 6.45) is 2.59. The molecule has 3 rings (SSSR count). The molecular weight excluding hydrogens is 368 g/mol. The normalized spacial score (nSPS) is 9.33. The molecule has 0 spiro atoms. The lowest BCUT2D eigenvalue weighted by Crippen LogP contribution is -1.92. The number of allylic oxidation sites excluding steroid dienone is 2. The van der Waals surface area contributed by atoms with Crippen LogP contribution < -0.4 is 0 Å². The van der Waals surface area contributed by atoms with Crippen molar-refractivity contribution in [2.75, 3.05) is 0 Å². The van der Waals surface area contributed by atoms with Gasteiger partial charge in [0.15, 0.2) is 11.6 Å². The van der Waals surface area contributed by atoms with Crippen molar-refractivity contribution in [2.24, 2.45) is 0 Å². The van der Waals surface area contributed by atoms with Gasteiger partial charge in [-0.15, -0.1) is 0 Å². The molecule has 0 unspecified atom stereocenters. The van der Waals surface area contributed by atoms with Crippen molar-refractivity contribution in [2.45, 2.75) is 0 Å². The van der Waals surface area contributed by atoms with Gasteiger partial charge in [0, 0.05) is 33.4 Å². The summed E-state index contributed by atoms with van der Waals surface area (Å²) in [5, 5.41) is 0. The van der Waals surface area contributed by atoms with Crippen LogP contribution in [-0.2, 0) is 0 Å². The Hall–Kier alpha value is -4.40. The molecular formula is C28H18O2. The second-order valence-corrected chi connectivity index (χ2v) is 6.37. The van der Waals surface area contributed by atoms with Crippen LogP contribution in [0.25, 0.3) is 0 Å². The van der Waals surface area contributed by atoms with Crippen molar-refractivity contribution in [3.05, 3.63) is 131 Å². The molecule has 0 aliphatic heterocycles. The molecule has 0 bridgehead atoms. The number of carbonyl (C=O) groups excluding carboxylic acids is 2.